The number of anilines is 2. The maximum Gasteiger partial charge on any atom is 0.247 e. The lowest BCUT2D eigenvalue weighted by atomic mass is 10.0. The summed E-state index contributed by atoms with van der Waals surface area (Å²) in [4.78, 5) is 17.1. The number of benzene rings is 2. The fraction of sp³-hybridized carbons (Fsp3) is 0.321. The van der Waals surface area contributed by atoms with Gasteiger partial charge in [-0.05, 0) is 60.9 Å². The van der Waals surface area contributed by atoms with E-state index in [9.17, 15) is 4.79 Å². The Bertz CT molecular complexity index is 1240. The molecule has 2 aromatic heterocycles. The summed E-state index contributed by atoms with van der Waals surface area (Å²) >= 11 is 0. The summed E-state index contributed by atoms with van der Waals surface area (Å²) in [6.45, 7) is 4.48. The molecule has 0 amide bonds. The number of ketones is 1. The van der Waals surface area contributed by atoms with Crippen molar-refractivity contribution in [2.75, 3.05) is 12.4 Å². The summed E-state index contributed by atoms with van der Waals surface area (Å²) in [5.74, 6) is 2.22. The van der Waals surface area contributed by atoms with Gasteiger partial charge in [-0.1, -0.05) is 51.3 Å². The molecule has 0 saturated carbocycles. The third-order valence-electron chi connectivity index (χ3n) is 5.87. The molecule has 1 N–H and O–H groups in total. The number of ether oxygens (including phenoxy) is 1. The minimum atomic E-state index is 0.199. The highest BCUT2D eigenvalue weighted by Gasteiger charge is 2.11. The first-order chi connectivity index (χ1) is 16.5. The second-order valence-electron chi connectivity index (χ2n) is 8.97. The zero-order valence-corrected chi connectivity index (χ0v) is 20.1. The van der Waals surface area contributed by atoms with Gasteiger partial charge in [-0.2, -0.15) is 4.98 Å². The number of carbonyl (C=O) groups is 1. The Hall–Kier alpha value is -3.67. The van der Waals surface area contributed by atoms with E-state index < -0.39 is 0 Å². The number of Topliss-reactive ketones (excluding diaryl/α,β-unsaturated/α-hetero) is 1. The zero-order chi connectivity index (χ0) is 23.9. The Morgan fingerprint density at radius 3 is 2.56 bits per heavy atom. The van der Waals surface area contributed by atoms with E-state index in [1.54, 1.807) is 7.11 Å². The molecule has 2 heterocycles. The van der Waals surface area contributed by atoms with Crippen molar-refractivity contribution in [3.05, 3.63) is 72.3 Å². The van der Waals surface area contributed by atoms with Crippen molar-refractivity contribution < 1.29 is 9.53 Å². The van der Waals surface area contributed by atoms with Gasteiger partial charge < -0.3 is 10.1 Å². The molecule has 0 aliphatic rings. The van der Waals surface area contributed by atoms with E-state index >= 15 is 0 Å². The Labute approximate surface area is 201 Å². The molecule has 4 rings (SSSR count). The van der Waals surface area contributed by atoms with Crippen molar-refractivity contribution in [3.8, 4) is 17.0 Å². The number of hydrogen-bond donors (Lipinski definition) is 1. The Balaban J connectivity index is 1.42. The monoisotopic (exact) mass is 456 g/mol. The maximum atomic E-state index is 12.5. The molecule has 6 nitrogen and oxygen atoms in total. The van der Waals surface area contributed by atoms with Gasteiger partial charge in [-0.15, -0.1) is 5.10 Å². The first-order valence-corrected chi connectivity index (χ1v) is 11.9. The standard InChI is InChI=1S/C28H32N4O2/c1-20(2)9-5-4-6-13-26(33)21-15-17-23(18-16-21)29-28-30-27-14-8-12-25(32(27)31-28)22-10-7-11-24(19-22)34-3/h7-8,10-12,14-20H,4-6,9,13H2,1-3H3,(H,29,31). The van der Waals surface area contributed by atoms with E-state index in [1.807, 2.05) is 71.2 Å². The van der Waals surface area contributed by atoms with Crippen LogP contribution in [0.15, 0.2) is 66.7 Å². The third-order valence-corrected chi connectivity index (χ3v) is 5.87. The number of methoxy groups -OCH3 is 1. The van der Waals surface area contributed by atoms with Gasteiger partial charge in [-0.25, -0.2) is 4.52 Å². The van der Waals surface area contributed by atoms with E-state index in [-0.39, 0.29) is 5.78 Å². The van der Waals surface area contributed by atoms with Crippen molar-refractivity contribution in [2.24, 2.45) is 5.92 Å². The average molecular weight is 457 g/mol. The van der Waals surface area contributed by atoms with E-state index in [0.717, 1.165) is 52.7 Å². The number of fused-ring (bicyclic) bond motifs is 1. The van der Waals surface area contributed by atoms with Crippen LogP contribution in [0, 0.1) is 5.92 Å². The molecule has 4 aromatic rings. The summed E-state index contributed by atoms with van der Waals surface area (Å²) in [6.07, 6.45) is 5.09. The van der Waals surface area contributed by atoms with Crippen molar-refractivity contribution in [3.63, 3.8) is 0 Å². The van der Waals surface area contributed by atoms with Crippen LogP contribution in [0.4, 0.5) is 11.6 Å². The second-order valence-corrected chi connectivity index (χ2v) is 8.97. The number of pyridine rings is 1. The van der Waals surface area contributed by atoms with Gasteiger partial charge in [-0.3, -0.25) is 4.79 Å². The molecule has 0 spiro atoms. The van der Waals surface area contributed by atoms with Crippen LogP contribution < -0.4 is 10.1 Å². The largest absolute Gasteiger partial charge is 0.497 e. The molecule has 0 radical (unpaired) electrons. The predicted molar refractivity (Wildman–Crippen MR) is 137 cm³/mol. The number of unbranched alkanes of at least 4 members (excludes halogenated alkanes) is 2. The normalized spacial score (nSPS) is 11.2. The van der Waals surface area contributed by atoms with E-state index in [2.05, 4.69) is 29.2 Å². The average Bonchev–Trinajstić information content (AvgIpc) is 3.26. The van der Waals surface area contributed by atoms with Gasteiger partial charge in [0.1, 0.15) is 5.75 Å². The lowest BCUT2D eigenvalue weighted by Crippen LogP contribution is -2.00. The van der Waals surface area contributed by atoms with Crippen molar-refractivity contribution in [1.29, 1.82) is 0 Å². The zero-order valence-electron chi connectivity index (χ0n) is 20.1. The molecule has 0 saturated heterocycles. The molecular weight excluding hydrogens is 424 g/mol. The van der Waals surface area contributed by atoms with Gasteiger partial charge in [0.2, 0.25) is 5.95 Å². The molecule has 34 heavy (non-hydrogen) atoms. The van der Waals surface area contributed by atoms with Crippen molar-refractivity contribution >= 4 is 23.1 Å². The van der Waals surface area contributed by atoms with E-state index in [0.29, 0.717) is 12.4 Å². The fourth-order valence-corrected chi connectivity index (χ4v) is 3.99. The van der Waals surface area contributed by atoms with Crippen LogP contribution in [0.25, 0.3) is 16.9 Å². The van der Waals surface area contributed by atoms with E-state index in [4.69, 9.17) is 4.74 Å². The van der Waals surface area contributed by atoms with Gasteiger partial charge >= 0.3 is 0 Å². The lowest BCUT2D eigenvalue weighted by Gasteiger charge is -2.06. The molecular formula is C28H32N4O2. The van der Waals surface area contributed by atoms with Gasteiger partial charge in [0.25, 0.3) is 0 Å². The van der Waals surface area contributed by atoms with Crippen LogP contribution >= 0.6 is 0 Å². The summed E-state index contributed by atoms with van der Waals surface area (Å²) < 4.78 is 7.17. The molecule has 0 fully saturated rings. The van der Waals surface area contributed by atoms with Gasteiger partial charge in [0.05, 0.1) is 12.8 Å². The molecule has 0 aliphatic heterocycles. The number of aromatic nitrogens is 3. The van der Waals surface area contributed by atoms with Gasteiger partial charge in [0, 0.05) is 23.2 Å². The maximum absolute atomic E-state index is 12.5. The minimum Gasteiger partial charge on any atom is -0.497 e. The van der Waals surface area contributed by atoms with Crippen LogP contribution in [0.1, 0.15) is 56.3 Å². The Morgan fingerprint density at radius 2 is 1.79 bits per heavy atom. The predicted octanol–water partition coefficient (Wildman–Crippen LogP) is 6.94. The lowest BCUT2D eigenvalue weighted by molar-refractivity contribution is 0.0979. The minimum absolute atomic E-state index is 0.199. The molecule has 0 aliphatic carbocycles. The number of rotatable bonds is 11. The van der Waals surface area contributed by atoms with Crippen LogP contribution in [0.2, 0.25) is 0 Å². The van der Waals surface area contributed by atoms with E-state index in [1.165, 1.54) is 12.8 Å². The highest BCUT2D eigenvalue weighted by Crippen LogP contribution is 2.25. The second kappa shape index (κ2) is 11.0. The summed E-state index contributed by atoms with van der Waals surface area (Å²) in [5, 5.41) is 7.91. The first-order valence-electron chi connectivity index (χ1n) is 11.9. The van der Waals surface area contributed by atoms with Crippen LogP contribution in [-0.4, -0.2) is 27.5 Å². The van der Waals surface area contributed by atoms with Crippen LogP contribution in [0.3, 0.4) is 0 Å². The first kappa shape index (κ1) is 23.5. The number of nitrogens with zero attached hydrogens (tertiary/aromatic N) is 3. The highest BCUT2D eigenvalue weighted by atomic mass is 16.5. The van der Waals surface area contributed by atoms with Crippen LogP contribution in [-0.2, 0) is 0 Å². The Morgan fingerprint density at radius 1 is 1.00 bits per heavy atom. The number of carbonyl (C=O) groups excluding carboxylic acids is 1. The fourth-order valence-electron chi connectivity index (χ4n) is 3.99. The van der Waals surface area contributed by atoms with Crippen molar-refractivity contribution in [1.82, 2.24) is 14.6 Å². The quantitative estimate of drug-likeness (QED) is 0.196. The van der Waals surface area contributed by atoms with Crippen molar-refractivity contribution in [2.45, 2.75) is 46.0 Å². The number of nitrogens with one attached hydrogen (secondary N) is 1. The summed E-state index contributed by atoms with van der Waals surface area (Å²) in [7, 11) is 1.66. The molecule has 0 bridgehead atoms. The molecule has 6 heteroatoms. The SMILES string of the molecule is COc1cccc(-c2cccc3nc(Nc4ccc(C(=O)CCCCCC(C)C)cc4)nn23)c1. The smallest absolute Gasteiger partial charge is 0.247 e. The molecule has 2 aromatic carbocycles. The summed E-state index contributed by atoms with van der Waals surface area (Å²) in [5.41, 5.74) is 4.25. The Kier molecular flexibility index (Phi) is 7.58. The van der Waals surface area contributed by atoms with Crippen LogP contribution in [0.5, 0.6) is 5.75 Å². The molecule has 0 unspecified atom stereocenters. The molecule has 0 atom stereocenters. The molecule has 176 valence electrons. The summed E-state index contributed by atoms with van der Waals surface area (Å²) in [6, 6.07) is 21.3. The van der Waals surface area contributed by atoms with Gasteiger partial charge in [0.15, 0.2) is 11.4 Å². The number of hydrogen-bond acceptors (Lipinski definition) is 5. The topological polar surface area (TPSA) is 68.5 Å². The third kappa shape index (κ3) is 5.81. The highest BCUT2D eigenvalue weighted by molar-refractivity contribution is 5.96.